The highest BCUT2D eigenvalue weighted by molar-refractivity contribution is 9.10. The van der Waals surface area contributed by atoms with E-state index in [4.69, 9.17) is 19.6 Å². The minimum atomic E-state index is -1.41. The van der Waals surface area contributed by atoms with E-state index in [1.165, 1.54) is 6.07 Å². The maximum atomic E-state index is 14.3. The summed E-state index contributed by atoms with van der Waals surface area (Å²) in [6.45, 7) is 0.536. The van der Waals surface area contributed by atoms with Gasteiger partial charge in [0, 0.05) is 47.2 Å². The second-order valence-electron chi connectivity index (χ2n) is 10.2. The topological polar surface area (TPSA) is 92.2 Å². The first-order valence-electron chi connectivity index (χ1n) is 14.3. The maximum absolute atomic E-state index is 14.3. The number of nitrogens with zero attached hydrogens (tertiary/aromatic N) is 1. The van der Waals surface area contributed by atoms with Gasteiger partial charge >= 0.3 is 0 Å². The van der Waals surface area contributed by atoms with Gasteiger partial charge in [0.1, 0.15) is 11.6 Å². The minimum Gasteiger partial charge on any atom is -0.494 e. The number of halogens is 2. The molecule has 1 aliphatic heterocycles. The quantitative estimate of drug-likeness (QED) is 0.112. The van der Waals surface area contributed by atoms with Crippen molar-refractivity contribution in [2.24, 2.45) is 4.99 Å². The molecule has 0 radical (unpaired) electrons. The molecule has 0 saturated heterocycles. The van der Waals surface area contributed by atoms with Gasteiger partial charge in [0.15, 0.2) is 11.6 Å². The number of benzene rings is 4. The van der Waals surface area contributed by atoms with Gasteiger partial charge in [0.2, 0.25) is 5.90 Å². The van der Waals surface area contributed by atoms with Crippen molar-refractivity contribution in [3.05, 3.63) is 142 Å². The van der Waals surface area contributed by atoms with Gasteiger partial charge in [-0.05, 0) is 42.0 Å². The van der Waals surface area contributed by atoms with E-state index in [1.54, 1.807) is 30.3 Å². The summed E-state index contributed by atoms with van der Waals surface area (Å²) in [7, 11) is 0. The summed E-state index contributed by atoms with van der Waals surface area (Å²) < 4.78 is 27.3. The summed E-state index contributed by atoms with van der Waals surface area (Å²) in [5.74, 6) is 0.167. The first-order valence-corrected chi connectivity index (χ1v) is 15.1. The predicted octanol–water partition coefficient (Wildman–Crippen LogP) is 6.53. The molecule has 0 spiro atoms. The van der Waals surface area contributed by atoms with Gasteiger partial charge in [0.05, 0.1) is 6.61 Å². The maximum Gasteiger partial charge on any atom is 0.266 e. The molecule has 1 aliphatic rings. The monoisotopic (exact) mass is 657 g/mol. The Bertz CT molecular complexity index is 1610. The number of aliphatic hydroxyl groups excluding tert-OH is 1. The molecule has 4 aromatic rings. The average molecular weight is 659 g/mol. The summed E-state index contributed by atoms with van der Waals surface area (Å²) in [4.78, 5) is 19.2. The molecular formula is C35H33BrFN3O4. The number of carbonyl (C=O) groups is 1. The molecule has 2 atom stereocenters. The molecule has 0 aliphatic carbocycles. The third-order valence-corrected chi connectivity index (χ3v) is 7.92. The average Bonchev–Trinajstić information content (AvgIpc) is 3.43. The molecule has 0 unspecified atom stereocenters. The Morgan fingerprint density at radius 2 is 1.73 bits per heavy atom. The summed E-state index contributed by atoms with van der Waals surface area (Å²) in [6, 6.07) is 31.0. The van der Waals surface area contributed by atoms with Crippen LogP contribution in [0.1, 0.15) is 41.2 Å². The largest absolute Gasteiger partial charge is 0.494 e. The molecule has 44 heavy (non-hydrogen) atoms. The zero-order valence-electron chi connectivity index (χ0n) is 24.0. The number of carbonyl (C=O) groups excluding carboxylic acids is 1. The predicted molar refractivity (Wildman–Crippen MR) is 172 cm³/mol. The lowest BCUT2D eigenvalue weighted by Crippen LogP contribution is -2.52. The molecule has 0 fully saturated rings. The zero-order valence-corrected chi connectivity index (χ0v) is 25.5. The molecule has 0 aromatic heterocycles. The van der Waals surface area contributed by atoms with Crippen molar-refractivity contribution in [1.29, 1.82) is 0 Å². The lowest BCUT2D eigenvalue weighted by atomic mass is 9.84. The van der Waals surface area contributed by atoms with Crippen LogP contribution in [-0.4, -0.2) is 35.7 Å². The van der Waals surface area contributed by atoms with Crippen molar-refractivity contribution >= 4 is 33.8 Å². The molecule has 3 N–H and O–H groups in total. The Kier molecular flexibility index (Phi) is 10.6. The number of rotatable bonds is 13. The van der Waals surface area contributed by atoms with Gasteiger partial charge in [-0.3, -0.25) is 10.2 Å². The Labute approximate surface area is 264 Å². The SMILES string of the molecule is O=C(NNCc1ccccc1F)[C@@]1(C/C=C/c2ccccc2)N=C(c2ccc(OCCCO)cc2)O[C@H]1c1ccccc1Br. The first kappa shape index (κ1) is 31.1. The Hall–Kier alpha value is -4.31. The smallest absolute Gasteiger partial charge is 0.266 e. The Morgan fingerprint density at radius 3 is 2.48 bits per heavy atom. The van der Waals surface area contributed by atoms with E-state index in [0.717, 1.165) is 15.6 Å². The van der Waals surface area contributed by atoms with Crippen LogP contribution in [0.4, 0.5) is 4.39 Å². The van der Waals surface area contributed by atoms with Gasteiger partial charge in [-0.25, -0.2) is 14.8 Å². The van der Waals surface area contributed by atoms with Crippen molar-refractivity contribution in [2.75, 3.05) is 13.2 Å². The number of nitrogens with one attached hydrogen (secondary N) is 2. The molecule has 7 nitrogen and oxygen atoms in total. The van der Waals surface area contributed by atoms with E-state index >= 15 is 0 Å². The third kappa shape index (κ3) is 7.42. The van der Waals surface area contributed by atoms with Gasteiger partial charge < -0.3 is 14.6 Å². The fourth-order valence-electron chi connectivity index (χ4n) is 4.89. The number of hydrazine groups is 1. The zero-order chi connectivity index (χ0) is 30.8. The number of aliphatic hydroxyl groups is 1. The van der Waals surface area contributed by atoms with E-state index in [0.29, 0.717) is 35.8 Å². The van der Waals surface area contributed by atoms with E-state index in [1.807, 2.05) is 78.9 Å². The van der Waals surface area contributed by atoms with Gasteiger partial charge in [-0.15, -0.1) is 0 Å². The molecule has 0 saturated carbocycles. The highest BCUT2D eigenvalue weighted by Gasteiger charge is 2.53. The van der Waals surface area contributed by atoms with Crippen molar-refractivity contribution in [3.8, 4) is 5.75 Å². The Balaban J connectivity index is 1.50. The minimum absolute atomic E-state index is 0.0528. The van der Waals surface area contributed by atoms with Crippen LogP contribution in [0.2, 0.25) is 0 Å². The van der Waals surface area contributed by atoms with Crippen LogP contribution >= 0.6 is 15.9 Å². The van der Waals surface area contributed by atoms with Crippen LogP contribution in [0.25, 0.3) is 6.08 Å². The van der Waals surface area contributed by atoms with Crippen molar-refractivity contribution in [1.82, 2.24) is 10.9 Å². The number of hydrogen-bond acceptors (Lipinski definition) is 6. The van der Waals surface area contributed by atoms with Crippen LogP contribution in [0.3, 0.4) is 0 Å². The van der Waals surface area contributed by atoms with E-state index in [-0.39, 0.29) is 25.4 Å². The highest BCUT2D eigenvalue weighted by Crippen LogP contribution is 2.45. The summed E-state index contributed by atoms with van der Waals surface area (Å²) in [5, 5.41) is 9.04. The highest BCUT2D eigenvalue weighted by atomic mass is 79.9. The number of amides is 1. The van der Waals surface area contributed by atoms with Crippen molar-refractivity contribution in [3.63, 3.8) is 0 Å². The Morgan fingerprint density at radius 1 is 1.00 bits per heavy atom. The summed E-state index contributed by atoms with van der Waals surface area (Å²) in [6.07, 6.45) is 3.83. The second kappa shape index (κ2) is 14.9. The van der Waals surface area contributed by atoms with Gasteiger partial charge in [-0.1, -0.05) is 94.8 Å². The van der Waals surface area contributed by atoms with E-state index in [9.17, 15) is 9.18 Å². The molecular weight excluding hydrogens is 625 g/mol. The molecule has 0 bridgehead atoms. The number of ether oxygens (including phenoxy) is 2. The molecule has 4 aromatic carbocycles. The molecule has 9 heteroatoms. The van der Waals surface area contributed by atoms with Gasteiger partial charge in [-0.2, -0.15) is 0 Å². The van der Waals surface area contributed by atoms with E-state index in [2.05, 4.69) is 26.8 Å². The standard InChI is InChI=1S/C35H33BrFN3O4/c36-30-15-6-5-14-29(30)32-35(21-8-12-25-10-2-1-3-11-25,34(42)40-38-24-27-13-4-7-16-31(27)37)39-33(44-32)26-17-19-28(20-18-26)43-23-9-22-41/h1-8,10-20,32,38,41H,9,21-24H2,(H,40,42)/b12-8+/t32-,35-/m0/s1. The van der Waals surface area contributed by atoms with Crippen LogP contribution in [0.15, 0.2) is 119 Å². The lowest BCUT2D eigenvalue weighted by Gasteiger charge is -2.30. The van der Waals surface area contributed by atoms with Gasteiger partial charge in [0.25, 0.3) is 5.91 Å². The first-order chi connectivity index (χ1) is 21.5. The second-order valence-corrected chi connectivity index (χ2v) is 11.1. The fourth-order valence-corrected chi connectivity index (χ4v) is 5.38. The molecule has 1 amide bonds. The summed E-state index contributed by atoms with van der Waals surface area (Å²) in [5.41, 5.74) is 7.10. The number of aliphatic imine (C=N–C) groups is 1. The van der Waals surface area contributed by atoms with Crippen LogP contribution in [0, 0.1) is 5.82 Å². The fraction of sp³-hybridized carbons (Fsp3) is 0.200. The summed E-state index contributed by atoms with van der Waals surface area (Å²) >= 11 is 3.65. The lowest BCUT2D eigenvalue weighted by molar-refractivity contribution is -0.130. The molecule has 5 rings (SSSR count). The van der Waals surface area contributed by atoms with E-state index < -0.39 is 17.6 Å². The normalized spacial score (nSPS) is 17.7. The third-order valence-electron chi connectivity index (χ3n) is 7.20. The number of hydrogen-bond donors (Lipinski definition) is 3. The van der Waals surface area contributed by atoms with Crippen molar-refractivity contribution in [2.45, 2.75) is 31.0 Å². The van der Waals surface area contributed by atoms with Crippen molar-refractivity contribution < 1.29 is 23.8 Å². The van der Waals surface area contributed by atoms with Crippen LogP contribution in [-0.2, 0) is 16.1 Å². The molecule has 1 heterocycles. The molecule has 226 valence electrons. The van der Waals surface area contributed by atoms with Crippen LogP contribution in [0.5, 0.6) is 5.75 Å². The van der Waals surface area contributed by atoms with Crippen LogP contribution < -0.4 is 15.6 Å².